The lowest BCUT2D eigenvalue weighted by Crippen LogP contribution is -2.43. The molecule has 1 saturated carbocycles. The molecule has 0 unspecified atom stereocenters. The molecule has 31 heavy (non-hydrogen) atoms. The number of hydrogen-bond donors (Lipinski definition) is 1. The van der Waals surface area contributed by atoms with Gasteiger partial charge in [0.25, 0.3) is 0 Å². The number of benzene rings is 1. The van der Waals surface area contributed by atoms with Crippen LogP contribution in [0.15, 0.2) is 47.7 Å². The molecule has 166 valence electrons. The highest BCUT2D eigenvalue weighted by molar-refractivity contribution is 14.0. The van der Waals surface area contributed by atoms with Gasteiger partial charge in [-0.05, 0) is 31.9 Å². The van der Waals surface area contributed by atoms with Gasteiger partial charge in [-0.1, -0.05) is 31.0 Å². The molecule has 0 radical (unpaired) electrons. The molecule has 9 heteroatoms. The molecule has 3 aromatic rings. The Hall–Kier alpha value is -2.43. The van der Waals surface area contributed by atoms with Crippen molar-refractivity contribution in [2.75, 3.05) is 7.05 Å². The van der Waals surface area contributed by atoms with E-state index >= 15 is 0 Å². The van der Waals surface area contributed by atoms with Crippen LogP contribution < -0.4 is 5.32 Å². The van der Waals surface area contributed by atoms with Crippen molar-refractivity contribution < 1.29 is 0 Å². The van der Waals surface area contributed by atoms with E-state index in [1.54, 1.807) is 0 Å². The van der Waals surface area contributed by atoms with Crippen LogP contribution >= 0.6 is 24.0 Å². The predicted molar refractivity (Wildman–Crippen MR) is 133 cm³/mol. The van der Waals surface area contributed by atoms with Crippen molar-refractivity contribution in [1.82, 2.24) is 34.8 Å². The molecule has 0 atom stereocenters. The summed E-state index contributed by atoms with van der Waals surface area (Å²) < 4.78 is 3.90. The van der Waals surface area contributed by atoms with E-state index in [9.17, 15) is 0 Å². The summed E-state index contributed by atoms with van der Waals surface area (Å²) in [7, 11) is 4.05. The maximum Gasteiger partial charge on any atom is 0.194 e. The summed E-state index contributed by atoms with van der Waals surface area (Å²) in [5.41, 5.74) is 2.19. The molecule has 1 aliphatic rings. The fourth-order valence-electron chi connectivity index (χ4n) is 3.78. The van der Waals surface area contributed by atoms with Crippen molar-refractivity contribution in [2.24, 2.45) is 12.0 Å². The Labute approximate surface area is 200 Å². The first-order valence-corrected chi connectivity index (χ1v) is 10.6. The van der Waals surface area contributed by atoms with Gasteiger partial charge in [0.2, 0.25) is 0 Å². The highest BCUT2D eigenvalue weighted by Crippen LogP contribution is 2.18. The molecule has 1 N–H and O–H groups in total. The van der Waals surface area contributed by atoms with Gasteiger partial charge >= 0.3 is 0 Å². The molecule has 0 aliphatic heterocycles. The summed E-state index contributed by atoms with van der Waals surface area (Å²) in [5.74, 6) is 2.66. The SMILES string of the molecule is Cc1nnc(CN=C(NC2CCCC2)N(C)Cc2cnn(-c3ccccc3)c2)n1C.I. The van der Waals surface area contributed by atoms with E-state index < -0.39 is 0 Å². The zero-order chi connectivity index (χ0) is 20.9. The number of hydrogen-bond acceptors (Lipinski definition) is 4. The summed E-state index contributed by atoms with van der Waals surface area (Å²) in [5, 5.41) is 16.6. The third-order valence-corrected chi connectivity index (χ3v) is 5.68. The predicted octanol–water partition coefficient (Wildman–Crippen LogP) is 3.45. The summed E-state index contributed by atoms with van der Waals surface area (Å²) in [6, 6.07) is 10.6. The molecule has 8 nitrogen and oxygen atoms in total. The van der Waals surface area contributed by atoms with Gasteiger partial charge < -0.3 is 14.8 Å². The van der Waals surface area contributed by atoms with Gasteiger partial charge in [0.15, 0.2) is 11.8 Å². The summed E-state index contributed by atoms with van der Waals surface area (Å²) in [4.78, 5) is 7.03. The number of halogens is 1. The zero-order valence-corrected chi connectivity index (χ0v) is 20.7. The minimum atomic E-state index is 0. The molecule has 2 aromatic heterocycles. The van der Waals surface area contributed by atoms with Gasteiger partial charge in [-0.25, -0.2) is 9.67 Å². The second kappa shape index (κ2) is 10.7. The molecule has 4 rings (SSSR count). The number of guanidine groups is 1. The Balaban J connectivity index is 0.00000272. The van der Waals surface area contributed by atoms with E-state index in [4.69, 9.17) is 4.99 Å². The fourth-order valence-corrected chi connectivity index (χ4v) is 3.78. The first-order valence-electron chi connectivity index (χ1n) is 10.6. The van der Waals surface area contributed by atoms with E-state index in [2.05, 4.69) is 50.9 Å². The van der Waals surface area contributed by atoms with Crippen LogP contribution in [-0.4, -0.2) is 48.5 Å². The quantitative estimate of drug-likeness (QED) is 0.298. The molecule has 1 aliphatic carbocycles. The van der Waals surface area contributed by atoms with Crippen LogP contribution in [0.4, 0.5) is 0 Å². The van der Waals surface area contributed by atoms with Crippen LogP contribution in [0.25, 0.3) is 5.69 Å². The zero-order valence-electron chi connectivity index (χ0n) is 18.4. The molecule has 0 bridgehead atoms. The number of aliphatic imine (C=N–C) groups is 1. The van der Waals surface area contributed by atoms with Gasteiger partial charge in [-0.15, -0.1) is 34.2 Å². The van der Waals surface area contributed by atoms with Crippen LogP contribution in [-0.2, 0) is 20.1 Å². The molecule has 2 heterocycles. The van der Waals surface area contributed by atoms with E-state index in [-0.39, 0.29) is 24.0 Å². The number of aryl methyl sites for hydroxylation is 1. The normalized spacial score (nSPS) is 14.5. The molecule has 1 aromatic carbocycles. The summed E-state index contributed by atoms with van der Waals surface area (Å²) >= 11 is 0. The Morgan fingerprint density at radius 3 is 2.61 bits per heavy atom. The first kappa shape index (κ1) is 23.2. The molecule has 0 spiro atoms. The number of rotatable bonds is 6. The maximum atomic E-state index is 4.87. The van der Waals surface area contributed by atoms with Gasteiger partial charge in [0.1, 0.15) is 12.4 Å². The van der Waals surface area contributed by atoms with Crippen molar-refractivity contribution in [3.63, 3.8) is 0 Å². The molecule has 0 amide bonds. The monoisotopic (exact) mass is 534 g/mol. The van der Waals surface area contributed by atoms with Gasteiger partial charge in [0, 0.05) is 38.4 Å². The van der Waals surface area contributed by atoms with Crippen LogP contribution in [0, 0.1) is 6.92 Å². The Morgan fingerprint density at radius 2 is 1.94 bits per heavy atom. The van der Waals surface area contributed by atoms with Crippen molar-refractivity contribution >= 4 is 29.9 Å². The highest BCUT2D eigenvalue weighted by atomic mass is 127. The molecular formula is C22H31IN8. The Kier molecular flexibility index (Phi) is 8.05. The topological polar surface area (TPSA) is 76.2 Å². The lowest BCUT2D eigenvalue weighted by molar-refractivity contribution is 0.456. The number of nitrogens with one attached hydrogen (secondary N) is 1. The minimum absolute atomic E-state index is 0. The van der Waals surface area contributed by atoms with Crippen molar-refractivity contribution in [2.45, 2.75) is 51.7 Å². The van der Waals surface area contributed by atoms with Gasteiger partial charge in [-0.2, -0.15) is 5.10 Å². The van der Waals surface area contributed by atoms with E-state index in [0.29, 0.717) is 12.6 Å². The Bertz CT molecular complexity index is 988. The second-order valence-electron chi connectivity index (χ2n) is 7.97. The van der Waals surface area contributed by atoms with Crippen LogP contribution in [0.1, 0.15) is 42.9 Å². The molecule has 0 saturated heterocycles. The lowest BCUT2D eigenvalue weighted by Gasteiger charge is -2.25. The first-order chi connectivity index (χ1) is 14.6. The van der Waals surface area contributed by atoms with Crippen molar-refractivity contribution in [3.05, 3.63) is 59.9 Å². The molecular weight excluding hydrogens is 503 g/mol. The van der Waals surface area contributed by atoms with E-state index in [0.717, 1.165) is 35.4 Å². The van der Waals surface area contributed by atoms with Crippen molar-refractivity contribution in [1.29, 1.82) is 0 Å². The standard InChI is InChI=1S/C22H30N8.HI/c1-17-26-27-21(29(17)3)14-23-22(25-19-9-7-8-10-19)28(2)15-18-13-24-30(16-18)20-11-5-4-6-12-20;/h4-6,11-13,16,19H,7-10,14-15H2,1-3H3,(H,23,25);1H. The average Bonchev–Trinajstić information content (AvgIpc) is 3.50. The lowest BCUT2D eigenvalue weighted by atomic mass is 10.2. The van der Waals surface area contributed by atoms with Gasteiger partial charge in [-0.3, -0.25) is 0 Å². The van der Waals surface area contributed by atoms with Crippen LogP contribution in [0.2, 0.25) is 0 Å². The highest BCUT2D eigenvalue weighted by Gasteiger charge is 2.19. The maximum absolute atomic E-state index is 4.87. The third-order valence-electron chi connectivity index (χ3n) is 5.68. The number of para-hydroxylation sites is 1. The average molecular weight is 534 g/mol. The number of nitrogens with zero attached hydrogens (tertiary/aromatic N) is 7. The van der Waals surface area contributed by atoms with Crippen molar-refractivity contribution in [3.8, 4) is 5.69 Å². The smallest absolute Gasteiger partial charge is 0.194 e. The second-order valence-corrected chi connectivity index (χ2v) is 7.97. The van der Waals surface area contributed by atoms with Gasteiger partial charge in [0.05, 0.1) is 11.9 Å². The summed E-state index contributed by atoms with van der Waals surface area (Å²) in [6.07, 6.45) is 8.94. The minimum Gasteiger partial charge on any atom is -0.353 e. The summed E-state index contributed by atoms with van der Waals surface area (Å²) in [6.45, 7) is 3.18. The van der Waals surface area contributed by atoms with E-state index in [1.165, 1.54) is 25.7 Å². The van der Waals surface area contributed by atoms with E-state index in [1.807, 2.05) is 47.6 Å². The largest absolute Gasteiger partial charge is 0.353 e. The number of aromatic nitrogens is 5. The third kappa shape index (κ3) is 5.84. The van der Waals surface area contributed by atoms with Crippen LogP contribution in [0.5, 0.6) is 0 Å². The molecule has 1 fully saturated rings. The van der Waals surface area contributed by atoms with Crippen LogP contribution in [0.3, 0.4) is 0 Å². The fraction of sp³-hybridized carbons (Fsp3) is 0.455. The Morgan fingerprint density at radius 1 is 1.19 bits per heavy atom.